The Kier molecular flexibility index (Phi) is 5.38. The fraction of sp³-hybridized carbons (Fsp3) is 0.650. The van der Waals surface area contributed by atoms with Crippen molar-refractivity contribution in [2.45, 2.75) is 63.8 Å². The van der Waals surface area contributed by atoms with Gasteiger partial charge in [0.25, 0.3) is 0 Å². The maximum Gasteiger partial charge on any atom is 0.225 e. The quantitative estimate of drug-likeness (QED) is 0.805. The Balaban J connectivity index is 1.37. The normalized spacial score (nSPS) is 20.7. The molecular weight excluding hydrogens is 344 g/mol. The Morgan fingerprint density at radius 2 is 2.12 bits per heavy atom. The van der Waals surface area contributed by atoms with Gasteiger partial charge in [-0.05, 0) is 19.3 Å². The molecule has 140 valence electrons. The third-order valence-corrected chi connectivity index (χ3v) is 6.81. The van der Waals surface area contributed by atoms with E-state index in [1.807, 2.05) is 29.7 Å². The van der Waals surface area contributed by atoms with Gasteiger partial charge < -0.3 is 9.47 Å². The molecule has 1 saturated carbocycles. The molecule has 2 aromatic rings. The number of carbonyl (C=O) groups is 1. The second kappa shape index (κ2) is 7.91. The van der Waals surface area contributed by atoms with Gasteiger partial charge in [0.1, 0.15) is 5.82 Å². The van der Waals surface area contributed by atoms with Crippen LogP contribution >= 0.6 is 11.3 Å². The van der Waals surface area contributed by atoms with Crippen molar-refractivity contribution in [2.75, 3.05) is 13.6 Å². The number of nitrogens with zero attached hydrogens (tertiary/aromatic N) is 4. The van der Waals surface area contributed by atoms with Crippen LogP contribution in [0.3, 0.4) is 0 Å². The lowest BCUT2D eigenvalue weighted by Gasteiger charge is -2.29. The first-order valence-corrected chi connectivity index (χ1v) is 10.8. The summed E-state index contributed by atoms with van der Waals surface area (Å²) >= 11 is 1.66. The number of likely N-dealkylation sites (N-methyl/N-ethyl adjacent to an activating group) is 1. The number of rotatable bonds is 5. The molecule has 3 heterocycles. The first-order valence-electron chi connectivity index (χ1n) is 9.90. The summed E-state index contributed by atoms with van der Waals surface area (Å²) in [5.41, 5.74) is 1.25. The molecular formula is C20H28N4OS. The van der Waals surface area contributed by atoms with Crippen molar-refractivity contribution in [2.24, 2.45) is 5.92 Å². The van der Waals surface area contributed by atoms with Crippen LogP contribution in [0.4, 0.5) is 0 Å². The van der Waals surface area contributed by atoms with Gasteiger partial charge in [0.05, 0.1) is 5.01 Å². The van der Waals surface area contributed by atoms with Gasteiger partial charge in [0.2, 0.25) is 5.91 Å². The molecule has 1 unspecified atom stereocenters. The molecule has 0 N–H and O–H groups in total. The molecule has 1 amide bonds. The van der Waals surface area contributed by atoms with E-state index in [2.05, 4.69) is 9.55 Å². The summed E-state index contributed by atoms with van der Waals surface area (Å²) in [7, 11) is 1.93. The van der Waals surface area contributed by atoms with Crippen LogP contribution in [0.15, 0.2) is 17.8 Å². The molecule has 1 aliphatic heterocycles. The largest absolute Gasteiger partial charge is 0.345 e. The summed E-state index contributed by atoms with van der Waals surface area (Å²) in [5.74, 6) is 2.28. The SMILES string of the molecule is CN(CCc1nccs1)C(=O)C1CCn2c(cnc2C2CCCCC2)C1. The smallest absolute Gasteiger partial charge is 0.225 e. The number of carbonyl (C=O) groups excluding carboxylic acids is 1. The van der Waals surface area contributed by atoms with E-state index in [0.29, 0.717) is 5.92 Å². The fourth-order valence-electron chi connectivity index (χ4n) is 4.45. The summed E-state index contributed by atoms with van der Waals surface area (Å²) in [4.78, 5) is 23.8. The van der Waals surface area contributed by atoms with Gasteiger partial charge in [0.15, 0.2) is 0 Å². The zero-order valence-corrected chi connectivity index (χ0v) is 16.4. The van der Waals surface area contributed by atoms with Crippen LogP contribution in [0.1, 0.15) is 61.0 Å². The zero-order valence-electron chi connectivity index (χ0n) is 15.6. The molecule has 1 aliphatic carbocycles. The fourth-order valence-corrected chi connectivity index (χ4v) is 5.06. The molecule has 0 saturated heterocycles. The lowest BCUT2D eigenvalue weighted by Crippen LogP contribution is -2.38. The van der Waals surface area contributed by atoms with E-state index in [9.17, 15) is 4.79 Å². The standard InChI is InChI=1S/C20H28N4OS/c1-23(10-8-18-21-9-12-26-18)20(25)16-7-11-24-17(13-16)14-22-19(24)15-5-3-2-4-6-15/h9,12,14-16H,2-8,10-11,13H2,1H3. The summed E-state index contributed by atoms with van der Waals surface area (Å²) in [5, 5.41) is 3.09. The number of hydrogen-bond donors (Lipinski definition) is 0. The highest BCUT2D eigenvalue weighted by atomic mass is 32.1. The molecule has 0 bridgehead atoms. The van der Waals surface area contributed by atoms with Gasteiger partial charge >= 0.3 is 0 Å². The van der Waals surface area contributed by atoms with Gasteiger partial charge in [-0.2, -0.15) is 0 Å². The molecule has 5 nitrogen and oxygen atoms in total. The van der Waals surface area contributed by atoms with Crippen molar-refractivity contribution in [3.05, 3.63) is 34.3 Å². The predicted octanol–water partition coefficient (Wildman–Crippen LogP) is 3.65. The monoisotopic (exact) mass is 372 g/mol. The first kappa shape index (κ1) is 17.7. The van der Waals surface area contributed by atoms with Crippen molar-refractivity contribution < 1.29 is 4.79 Å². The summed E-state index contributed by atoms with van der Waals surface area (Å²) in [6.07, 6.45) is 13.0. The molecule has 0 spiro atoms. The Bertz CT molecular complexity index is 733. The third-order valence-electron chi connectivity index (χ3n) is 5.97. The maximum atomic E-state index is 12.9. The average molecular weight is 373 g/mol. The van der Waals surface area contributed by atoms with Crippen molar-refractivity contribution >= 4 is 17.2 Å². The number of fused-ring (bicyclic) bond motifs is 1. The molecule has 26 heavy (non-hydrogen) atoms. The third kappa shape index (κ3) is 3.70. The molecule has 2 aromatic heterocycles. The van der Waals surface area contributed by atoms with E-state index in [4.69, 9.17) is 4.98 Å². The molecule has 1 atom stereocenters. The second-order valence-electron chi connectivity index (χ2n) is 7.72. The molecule has 0 radical (unpaired) electrons. The highest BCUT2D eigenvalue weighted by Gasteiger charge is 2.30. The van der Waals surface area contributed by atoms with Crippen molar-refractivity contribution in [1.29, 1.82) is 0 Å². The Labute approximate surface area is 159 Å². The Morgan fingerprint density at radius 3 is 2.88 bits per heavy atom. The highest BCUT2D eigenvalue weighted by Crippen LogP contribution is 2.34. The number of amides is 1. The van der Waals surface area contributed by atoms with E-state index < -0.39 is 0 Å². The van der Waals surface area contributed by atoms with Crippen molar-refractivity contribution in [1.82, 2.24) is 19.4 Å². The van der Waals surface area contributed by atoms with Gasteiger partial charge in [-0.1, -0.05) is 19.3 Å². The van der Waals surface area contributed by atoms with E-state index in [1.54, 1.807) is 11.3 Å². The topological polar surface area (TPSA) is 51.0 Å². The highest BCUT2D eigenvalue weighted by molar-refractivity contribution is 7.09. The summed E-state index contributed by atoms with van der Waals surface area (Å²) in [6.45, 7) is 1.69. The lowest BCUT2D eigenvalue weighted by atomic mass is 9.88. The van der Waals surface area contributed by atoms with Crippen LogP contribution < -0.4 is 0 Å². The van der Waals surface area contributed by atoms with Crippen molar-refractivity contribution in [3.63, 3.8) is 0 Å². The van der Waals surface area contributed by atoms with Crippen LogP contribution in [0.5, 0.6) is 0 Å². The maximum absolute atomic E-state index is 12.9. The van der Waals surface area contributed by atoms with Gasteiger partial charge in [-0.25, -0.2) is 9.97 Å². The summed E-state index contributed by atoms with van der Waals surface area (Å²) in [6, 6.07) is 0. The van der Waals surface area contributed by atoms with Crippen LogP contribution in [0.25, 0.3) is 0 Å². The molecule has 1 fully saturated rings. The lowest BCUT2D eigenvalue weighted by molar-refractivity contribution is -0.134. The van der Waals surface area contributed by atoms with E-state index in [-0.39, 0.29) is 11.8 Å². The molecule has 2 aliphatic rings. The van der Waals surface area contributed by atoms with E-state index in [0.717, 1.165) is 37.4 Å². The Morgan fingerprint density at radius 1 is 1.27 bits per heavy atom. The number of hydrogen-bond acceptors (Lipinski definition) is 4. The van der Waals surface area contributed by atoms with Crippen LogP contribution in [-0.4, -0.2) is 38.9 Å². The summed E-state index contributed by atoms with van der Waals surface area (Å²) < 4.78 is 2.41. The molecule has 4 rings (SSSR count). The minimum atomic E-state index is 0.0969. The van der Waals surface area contributed by atoms with E-state index in [1.165, 1.54) is 43.6 Å². The number of imidazole rings is 1. The van der Waals surface area contributed by atoms with E-state index >= 15 is 0 Å². The van der Waals surface area contributed by atoms with Crippen molar-refractivity contribution in [3.8, 4) is 0 Å². The van der Waals surface area contributed by atoms with Crippen LogP contribution in [0.2, 0.25) is 0 Å². The minimum absolute atomic E-state index is 0.0969. The van der Waals surface area contributed by atoms with Crippen LogP contribution in [0, 0.1) is 5.92 Å². The average Bonchev–Trinajstić information content (AvgIpc) is 3.35. The van der Waals surface area contributed by atoms with Gasteiger partial charge in [-0.3, -0.25) is 4.79 Å². The first-order chi connectivity index (χ1) is 12.7. The zero-order chi connectivity index (χ0) is 17.9. The number of aromatic nitrogens is 3. The second-order valence-corrected chi connectivity index (χ2v) is 8.70. The minimum Gasteiger partial charge on any atom is -0.345 e. The molecule has 6 heteroatoms. The van der Waals surface area contributed by atoms with Crippen LogP contribution in [-0.2, 0) is 24.2 Å². The predicted molar refractivity (Wildman–Crippen MR) is 103 cm³/mol. The Hall–Kier alpha value is -1.69. The molecule has 0 aromatic carbocycles. The number of thiazole rings is 1. The van der Waals surface area contributed by atoms with Gasteiger partial charge in [-0.15, -0.1) is 11.3 Å². The van der Waals surface area contributed by atoms with Gasteiger partial charge in [0, 0.05) is 68.3 Å².